The Kier molecular flexibility index (Phi) is 7.74. The summed E-state index contributed by atoms with van der Waals surface area (Å²) in [6.45, 7) is 7.63. The zero-order valence-electron chi connectivity index (χ0n) is 22.3. The third kappa shape index (κ3) is 5.99. The molecule has 13 heteroatoms. The first-order valence-electron chi connectivity index (χ1n) is 12.7. The highest BCUT2D eigenvalue weighted by Crippen LogP contribution is 2.41. The van der Waals surface area contributed by atoms with Crippen molar-refractivity contribution in [2.24, 2.45) is 0 Å². The first-order chi connectivity index (χ1) is 18.6. The summed E-state index contributed by atoms with van der Waals surface area (Å²) < 4.78 is 62.0. The van der Waals surface area contributed by atoms with E-state index in [2.05, 4.69) is 34.8 Å². The number of pyridine rings is 1. The number of nitrogens with zero attached hydrogens (tertiary/aromatic N) is 6. The molecule has 39 heavy (non-hydrogen) atoms. The van der Waals surface area contributed by atoms with Crippen LogP contribution >= 0.6 is 0 Å². The third-order valence-electron chi connectivity index (χ3n) is 6.60. The highest BCUT2D eigenvalue weighted by Gasteiger charge is 2.37. The minimum Gasteiger partial charge on any atom is -0.418 e. The van der Waals surface area contributed by atoms with Crippen molar-refractivity contribution in [1.29, 1.82) is 0 Å². The van der Waals surface area contributed by atoms with Gasteiger partial charge in [0.2, 0.25) is 11.8 Å². The molecule has 1 aliphatic heterocycles. The standard InChI is InChI=1S/C26H31F3N6O3Si/c1-36-14-23-31-32-26(38-23)16-9-20-24(30-12-16)35(15-37-7-8-39(2,3)4)33-25(20)34-13-18(28)11-22(34)19-10-17(27)5-6-21(19)29/h5-6,9-10,12,18,22H,7-8,11,13-15H2,1-4H3/t18-,22+/m0/s1. The number of alkyl halides is 1. The van der Waals surface area contributed by atoms with Crippen LogP contribution in [-0.2, 0) is 22.8 Å². The van der Waals surface area contributed by atoms with Crippen LogP contribution in [0.15, 0.2) is 34.9 Å². The number of ether oxygens (including phenoxy) is 2. The SMILES string of the molecule is COCc1nnc(-c2cnc3c(c2)c(N2C[C@@H](F)C[C@@H]2c2cc(F)ccc2F)nn3COCC[Si](C)(C)C)o1. The number of hydrogen-bond donors (Lipinski definition) is 0. The lowest BCUT2D eigenvalue weighted by atomic mass is 10.0. The Morgan fingerprint density at radius 2 is 1.97 bits per heavy atom. The maximum absolute atomic E-state index is 14.8. The fourth-order valence-electron chi connectivity index (χ4n) is 4.63. The van der Waals surface area contributed by atoms with Gasteiger partial charge in [-0.3, -0.25) is 0 Å². The fraction of sp³-hybridized carbons (Fsp3) is 0.462. The maximum Gasteiger partial charge on any atom is 0.249 e. The van der Waals surface area contributed by atoms with Crippen molar-refractivity contribution in [2.75, 3.05) is 25.2 Å². The van der Waals surface area contributed by atoms with Crippen LogP contribution in [0.25, 0.3) is 22.5 Å². The van der Waals surface area contributed by atoms with E-state index in [1.54, 1.807) is 21.8 Å². The Balaban J connectivity index is 1.55. The molecule has 4 heterocycles. The third-order valence-corrected chi connectivity index (χ3v) is 8.30. The van der Waals surface area contributed by atoms with Gasteiger partial charge in [-0.1, -0.05) is 19.6 Å². The normalized spacial score (nSPS) is 18.0. The number of halogens is 3. The van der Waals surface area contributed by atoms with E-state index in [9.17, 15) is 13.2 Å². The maximum atomic E-state index is 14.8. The van der Waals surface area contributed by atoms with Crippen LogP contribution in [0.2, 0.25) is 25.7 Å². The van der Waals surface area contributed by atoms with Gasteiger partial charge in [-0.25, -0.2) is 22.8 Å². The van der Waals surface area contributed by atoms with Crippen LogP contribution in [0.4, 0.5) is 19.0 Å². The van der Waals surface area contributed by atoms with Gasteiger partial charge in [0.05, 0.1) is 23.5 Å². The van der Waals surface area contributed by atoms with Gasteiger partial charge in [-0.15, -0.1) is 10.2 Å². The summed E-state index contributed by atoms with van der Waals surface area (Å²) in [5.74, 6) is -0.264. The van der Waals surface area contributed by atoms with Crippen molar-refractivity contribution in [3.63, 3.8) is 0 Å². The number of rotatable bonds is 10. The summed E-state index contributed by atoms with van der Waals surface area (Å²) in [6, 6.07) is 5.22. The molecule has 0 unspecified atom stereocenters. The van der Waals surface area contributed by atoms with Crippen molar-refractivity contribution >= 4 is 24.9 Å². The van der Waals surface area contributed by atoms with Crippen LogP contribution < -0.4 is 4.90 Å². The monoisotopic (exact) mass is 560 g/mol. The van der Waals surface area contributed by atoms with Crippen molar-refractivity contribution in [1.82, 2.24) is 25.0 Å². The van der Waals surface area contributed by atoms with Crippen molar-refractivity contribution in [2.45, 2.75) is 57.7 Å². The number of hydrogen-bond acceptors (Lipinski definition) is 8. The largest absolute Gasteiger partial charge is 0.418 e. The van der Waals surface area contributed by atoms with Crippen LogP contribution in [0.3, 0.4) is 0 Å². The van der Waals surface area contributed by atoms with E-state index in [0.29, 0.717) is 34.9 Å². The summed E-state index contributed by atoms with van der Waals surface area (Å²) in [4.78, 5) is 6.26. The summed E-state index contributed by atoms with van der Waals surface area (Å²) in [6.07, 6.45) is 0.329. The minimum absolute atomic E-state index is 0.00139. The Labute approximate surface area is 224 Å². The molecule has 9 nitrogen and oxygen atoms in total. The van der Waals surface area contributed by atoms with Gasteiger partial charge in [0, 0.05) is 40.0 Å². The first-order valence-corrected chi connectivity index (χ1v) is 16.5. The van der Waals surface area contributed by atoms with Gasteiger partial charge >= 0.3 is 0 Å². The molecule has 1 aromatic carbocycles. The van der Waals surface area contributed by atoms with Gasteiger partial charge in [0.15, 0.2) is 11.5 Å². The average molecular weight is 561 g/mol. The van der Waals surface area contributed by atoms with Gasteiger partial charge in [0.25, 0.3) is 0 Å². The molecule has 0 saturated carbocycles. The van der Waals surface area contributed by atoms with E-state index in [1.807, 2.05) is 0 Å². The molecule has 0 aliphatic carbocycles. The topological polar surface area (TPSA) is 91.3 Å². The van der Waals surface area contributed by atoms with E-state index in [-0.39, 0.29) is 37.8 Å². The molecule has 3 aromatic heterocycles. The molecule has 2 atom stereocenters. The molecule has 0 spiro atoms. The molecule has 4 aromatic rings. The van der Waals surface area contributed by atoms with Gasteiger partial charge < -0.3 is 18.8 Å². The molecule has 0 radical (unpaired) electrons. The van der Waals surface area contributed by atoms with E-state index >= 15 is 0 Å². The molecule has 0 N–H and O–H groups in total. The number of fused-ring (bicyclic) bond motifs is 1. The summed E-state index contributed by atoms with van der Waals surface area (Å²) in [5, 5.41) is 13.4. The molecule has 0 amide bonds. The zero-order valence-corrected chi connectivity index (χ0v) is 23.3. The first kappa shape index (κ1) is 27.3. The summed E-state index contributed by atoms with van der Waals surface area (Å²) in [7, 11) is 0.227. The molecular weight excluding hydrogens is 529 g/mol. The van der Waals surface area contributed by atoms with Gasteiger partial charge in [-0.05, 0) is 30.3 Å². The smallest absolute Gasteiger partial charge is 0.249 e. The fourth-order valence-corrected chi connectivity index (χ4v) is 5.38. The lowest BCUT2D eigenvalue weighted by Gasteiger charge is -2.25. The second-order valence-corrected chi connectivity index (χ2v) is 16.5. The van der Waals surface area contributed by atoms with Gasteiger partial charge in [-0.2, -0.15) is 5.10 Å². The molecular formula is C26H31F3N6O3Si. The predicted octanol–water partition coefficient (Wildman–Crippen LogP) is 5.51. The van der Waals surface area contributed by atoms with Crippen LogP contribution in [0.1, 0.15) is 23.9 Å². The van der Waals surface area contributed by atoms with Gasteiger partial charge in [0.1, 0.15) is 31.1 Å². The molecule has 5 rings (SSSR count). The zero-order chi connectivity index (χ0) is 27.7. The van der Waals surface area contributed by atoms with E-state index < -0.39 is 31.9 Å². The molecule has 1 aliphatic rings. The number of anilines is 1. The van der Waals surface area contributed by atoms with Crippen LogP contribution in [-0.4, -0.2) is 59.5 Å². The number of methoxy groups -OCH3 is 1. The lowest BCUT2D eigenvalue weighted by molar-refractivity contribution is 0.0814. The molecule has 1 saturated heterocycles. The lowest BCUT2D eigenvalue weighted by Crippen LogP contribution is -2.25. The highest BCUT2D eigenvalue weighted by molar-refractivity contribution is 6.76. The van der Waals surface area contributed by atoms with Crippen molar-refractivity contribution in [3.05, 3.63) is 53.6 Å². The number of benzene rings is 1. The Bertz CT molecular complexity index is 1460. The Morgan fingerprint density at radius 1 is 1.15 bits per heavy atom. The quantitative estimate of drug-likeness (QED) is 0.185. The Hall–Kier alpha value is -3.29. The van der Waals surface area contributed by atoms with Crippen LogP contribution in [0, 0.1) is 11.6 Å². The molecule has 1 fully saturated rings. The second kappa shape index (κ2) is 11.1. The van der Waals surface area contributed by atoms with E-state index in [0.717, 1.165) is 24.2 Å². The van der Waals surface area contributed by atoms with Crippen molar-refractivity contribution in [3.8, 4) is 11.5 Å². The molecule has 208 valence electrons. The highest BCUT2D eigenvalue weighted by atomic mass is 28.3. The summed E-state index contributed by atoms with van der Waals surface area (Å²) >= 11 is 0. The average Bonchev–Trinajstić information content (AvgIpc) is 3.60. The minimum atomic E-state index is -1.30. The predicted molar refractivity (Wildman–Crippen MR) is 142 cm³/mol. The second-order valence-electron chi connectivity index (χ2n) is 10.9. The van der Waals surface area contributed by atoms with E-state index in [4.69, 9.17) is 19.0 Å². The summed E-state index contributed by atoms with van der Waals surface area (Å²) in [5.41, 5.74) is 1.11. The van der Waals surface area contributed by atoms with Crippen molar-refractivity contribution < 1.29 is 27.1 Å². The van der Waals surface area contributed by atoms with Crippen LogP contribution in [0.5, 0.6) is 0 Å². The molecule has 0 bridgehead atoms. The Morgan fingerprint density at radius 3 is 2.74 bits per heavy atom. The van der Waals surface area contributed by atoms with E-state index in [1.165, 1.54) is 7.11 Å². The number of aromatic nitrogens is 5.